The molecule has 0 bridgehead atoms. The van der Waals surface area contributed by atoms with E-state index in [-0.39, 0.29) is 0 Å². The summed E-state index contributed by atoms with van der Waals surface area (Å²) in [7, 11) is 0. The van der Waals surface area contributed by atoms with Crippen LogP contribution in [0.1, 0.15) is 31.9 Å². The Hall–Kier alpha value is -1.36. The molecule has 3 rings (SSSR count). The molecule has 0 spiro atoms. The third-order valence-corrected chi connectivity index (χ3v) is 3.98. The fourth-order valence-corrected chi connectivity index (χ4v) is 2.69. The molecule has 1 saturated heterocycles. The van der Waals surface area contributed by atoms with Gasteiger partial charge in [0.05, 0.1) is 0 Å². The van der Waals surface area contributed by atoms with Crippen molar-refractivity contribution in [2.45, 2.75) is 38.6 Å². The van der Waals surface area contributed by atoms with E-state index in [2.05, 4.69) is 33.2 Å². The monoisotopic (exact) mass is 261 g/mol. The van der Waals surface area contributed by atoms with Crippen molar-refractivity contribution < 1.29 is 0 Å². The van der Waals surface area contributed by atoms with Gasteiger partial charge in [0, 0.05) is 37.4 Å². The van der Waals surface area contributed by atoms with Crippen LogP contribution in [0.2, 0.25) is 0 Å². The Morgan fingerprint density at radius 1 is 1.42 bits per heavy atom. The Labute approximate surface area is 114 Å². The number of nitrogens with one attached hydrogen (secondary N) is 1. The minimum absolute atomic E-state index is 0.412. The van der Waals surface area contributed by atoms with Gasteiger partial charge in [0.1, 0.15) is 5.82 Å². The second kappa shape index (κ2) is 5.33. The molecule has 1 aromatic rings. The number of hydrogen-bond acceptors (Lipinski definition) is 5. The van der Waals surface area contributed by atoms with Gasteiger partial charge >= 0.3 is 0 Å². The molecule has 0 aromatic carbocycles. The SMILES string of the molecule is CC1CN(c2cc(CCC3CC3)nc(N)n2)CCN1. The molecule has 19 heavy (non-hydrogen) atoms. The van der Waals surface area contributed by atoms with Gasteiger partial charge < -0.3 is 16.0 Å². The normalized spacial score (nSPS) is 23.6. The summed E-state index contributed by atoms with van der Waals surface area (Å²) >= 11 is 0. The van der Waals surface area contributed by atoms with Crippen molar-refractivity contribution >= 4 is 11.8 Å². The minimum atomic E-state index is 0.412. The fourth-order valence-electron chi connectivity index (χ4n) is 2.69. The lowest BCUT2D eigenvalue weighted by molar-refractivity contribution is 0.482. The van der Waals surface area contributed by atoms with Crippen LogP contribution in [-0.4, -0.2) is 35.6 Å². The maximum absolute atomic E-state index is 5.86. The maximum Gasteiger partial charge on any atom is 0.222 e. The summed E-state index contributed by atoms with van der Waals surface area (Å²) in [5.41, 5.74) is 6.96. The van der Waals surface area contributed by atoms with Crippen molar-refractivity contribution in [1.82, 2.24) is 15.3 Å². The summed E-state index contributed by atoms with van der Waals surface area (Å²) in [6.07, 6.45) is 5.06. The molecular weight excluding hydrogens is 238 g/mol. The Bertz CT molecular complexity index is 443. The molecule has 2 aliphatic rings. The molecule has 1 saturated carbocycles. The van der Waals surface area contributed by atoms with E-state index in [9.17, 15) is 0 Å². The van der Waals surface area contributed by atoms with Crippen molar-refractivity contribution in [3.05, 3.63) is 11.8 Å². The predicted octanol–water partition coefficient (Wildman–Crippen LogP) is 1.20. The van der Waals surface area contributed by atoms with Crippen LogP contribution in [0.15, 0.2) is 6.07 Å². The van der Waals surface area contributed by atoms with Crippen molar-refractivity contribution in [1.29, 1.82) is 0 Å². The number of hydrogen-bond donors (Lipinski definition) is 2. The van der Waals surface area contributed by atoms with Gasteiger partial charge in [0.15, 0.2) is 0 Å². The summed E-state index contributed by atoms with van der Waals surface area (Å²) in [6, 6.07) is 2.62. The molecular formula is C14H23N5. The standard InChI is InChI=1S/C14H23N5/c1-10-9-19(7-6-16-10)13-8-12(17-14(15)18-13)5-4-11-2-3-11/h8,10-11,16H,2-7,9H2,1H3,(H2,15,17,18). The van der Waals surface area contributed by atoms with E-state index in [1.807, 2.05) is 0 Å². The van der Waals surface area contributed by atoms with Crippen molar-refractivity contribution in [2.24, 2.45) is 5.92 Å². The Balaban J connectivity index is 1.72. The van der Waals surface area contributed by atoms with E-state index >= 15 is 0 Å². The lowest BCUT2D eigenvalue weighted by atomic mass is 10.1. The molecule has 3 N–H and O–H groups in total. The van der Waals surface area contributed by atoms with E-state index in [0.29, 0.717) is 12.0 Å². The second-order valence-electron chi connectivity index (χ2n) is 5.86. The molecule has 0 radical (unpaired) electrons. The molecule has 104 valence electrons. The Morgan fingerprint density at radius 3 is 3.00 bits per heavy atom. The molecule has 1 aromatic heterocycles. The Morgan fingerprint density at radius 2 is 2.26 bits per heavy atom. The van der Waals surface area contributed by atoms with Crippen LogP contribution in [0.4, 0.5) is 11.8 Å². The van der Waals surface area contributed by atoms with Gasteiger partial charge in [-0.3, -0.25) is 0 Å². The van der Waals surface area contributed by atoms with E-state index in [1.54, 1.807) is 0 Å². The van der Waals surface area contributed by atoms with Crippen LogP contribution >= 0.6 is 0 Å². The third kappa shape index (κ3) is 3.35. The highest BCUT2D eigenvalue weighted by molar-refractivity contribution is 5.44. The molecule has 1 aliphatic heterocycles. The number of aryl methyl sites for hydroxylation is 1. The highest BCUT2D eigenvalue weighted by Crippen LogP contribution is 2.33. The number of anilines is 2. The zero-order valence-corrected chi connectivity index (χ0v) is 11.6. The van der Waals surface area contributed by atoms with Gasteiger partial charge in [-0.2, -0.15) is 4.98 Å². The fraction of sp³-hybridized carbons (Fsp3) is 0.714. The summed E-state index contributed by atoms with van der Waals surface area (Å²) in [5, 5.41) is 3.44. The highest BCUT2D eigenvalue weighted by Gasteiger charge is 2.22. The van der Waals surface area contributed by atoms with Crippen molar-refractivity contribution in [3.8, 4) is 0 Å². The van der Waals surface area contributed by atoms with E-state index in [0.717, 1.165) is 43.5 Å². The van der Waals surface area contributed by atoms with Crippen molar-refractivity contribution in [2.75, 3.05) is 30.3 Å². The molecule has 1 aliphatic carbocycles. The van der Waals surface area contributed by atoms with Crippen LogP contribution in [0, 0.1) is 5.92 Å². The van der Waals surface area contributed by atoms with E-state index in [4.69, 9.17) is 5.73 Å². The molecule has 2 fully saturated rings. The molecule has 1 atom stereocenters. The third-order valence-electron chi connectivity index (χ3n) is 3.98. The van der Waals surface area contributed by atoms with Crippen LogP contribution < -0.4 is 16.0 Å². The first-order chi connectivity index (χ1) is 9.20. The topological polar surface area (TPSA) is 67.1 Å². The quantitative estimate of drug-likeness (QED) is 0.852. The first kappa shape index (κ1) is 12.7. The Kier molecular flexibility index (Phi) is 3.55. The molecule has 2 heterocycles. The highest BCUT2D eigenvalue weighted by atomic mass is 15.3. The summed E-state index contributed by atoms with van der Waals surface area (Å²) in [5.74, 6) is 2.33. The average molecular weight is 261 g/mol. The van der Waals surface area contributed by atoms with Gasteiger partial charge in [-0.1, -0.05) is 12.8 Å². The number of nitrogen functional groups attached to an aromatic ring is 1. The first-order valence-corrected chi connectivity index (χ1v) is 7.32. The number of nitrogens with two attached hydrogens (primary N) is 1. The number of piperazine rings is 1. The van der Waals surface area contributed by atoms with Crippen LogP contribution in [-0.2, 0) is 6.42 Å². The lowest BCUT2D eigenvalue weighted by Crippen LogP contribution is -2.49. The number of nitrogens with zero attached hydrogens (tertiary/aromatic N) is 3. The van der Waals surface area contributed by atoms with Gasteiger partial charge in [-0.25, -0.2) is 4.98 Å². The zero-order chi connectivity index (χ0) is 13.2. The van der Waals surface area contributed by atoms with Gasteiger partial charge in [0.2, 0.25) is 5.95 Å². The average Bonchev–Trinajstić information content (AvgIpc) is 3.20. The van der Waals surface area contributed by atoms with Crippen LogP contribution in [0.5, 0.6) is 0 Å². The second-order valence-corrected chi connectivity index (χ2v) is 5.86. The van der Waals surface area contributed by atoms with Gasteiger partial charge in [0.25, 0.3) is 0 Å². The molecule has 1 unspecified atom stereocenters. The maximum atomic E-state index is 5.86. The summed E-state index contributed by atoms with van der Waals surface area (Å²) in [6.45, 7) is 5.18. The minimum Gasteiger partial charge on any atom is -0.368 e. The molecule has 5 heteroatoms. The zero-order valence-electron chi connectivity index (χ0n) is 11.6. The number of aromatic nitrogens is 2. The van der Waals surface area contributed by atoms with Gasteiger partial charge in [-0.15, -0.1) is 0 Å². The lowest BCUT2D eigenvalue weighted by Gasteiger charge is -2.32. The predicted molar refractivity (Wildman–Crippen MR) is 77.2 cm³/mol. The summed E-state index contributed by atoms with van der Waals surface area (Å²) < 4.78 is 0. The van der Waals surface area contributed by atoms with Crippen LogP contribution in [0.25, 0.3) is 0 Å². The largest absolute Gasteiger partial charge is 0.368 e. The van der Waals surface area contributed by atoms with E-state index in [1.165, 1.54) is 19.3 Å². The number of rotatable bonds is 4. The molecule has 5 nitrogen and oxygen atoms in total. The van der Waals surface area contributed by atoms with Gasteiger partial charge in [-0.05, 0) is 25.7 Å². The van der Waals surface area contributed by atoms with E-state index < -0.39 is 0 Å². The van der Waals surface area contributed by atoms with Crippen LogP contribution in [0.3, 0.4) is 0 Å². The first-order valence-electron chi connectivity index (χ1n) is 7.32. The smallest absolute Gasteiger partial charge is 0.222 e. The summed E-state index contributed by atoms with van der Waals surface area (Å²) in [4.78, 5) is 11.1. The molecule has 0 amide bonds. The van der Waals surface area contributed by atoms with Crippen molar-refractivity contribution in [3.63, 3.8) is 0 Å².